The smallest absolute Gasteiger partial charge is 0.244 e. The van der Waals surface area contributed by atoms with E-state index in [4.69, 9.17) is 0 Å². The maximum Gasteiger partial charge on any atom is 0.244 e. The Balaban J connectivity index is 3.01. The molecule has 0 fully saturated rings. The highest BCUT2D eigenvalue weighted by Gasteiger charge is 2.26. The van der Waals surface area contributed by atoms with E-state index in [1.54, 1.807) is 20.9 Å². The molecule has 17 heavy (non-hydrogen) atoms. The molecule has 6 heteroatoms. The van der Waals surface area contributed by atoms with Crippen molar-refractivity contribution in [1.29, 1.82) is 0 Å². The van der Waals surface area contributed by atoms with Crippen molar-refractivity contribution >= 4 is 27.5 Å². The van der Waals surface area contributed by atoms with E-state index in [1.165, 1.54) is 0 Å². The first kappa shape index (κ1) is 14.1. The fraction of sp³-hybridized carbons (Fsp3) is 0.364. The van der Waals surface area contributed by atoms with Crippen LogP contribution in [0, 0.1) is 11.6 Å². The van der Waals surface area contributed by atoms with Crippen molar-refractivity contribution in [2.24, 2.45) is 0 Å². The Bertz CT molecular complexity index is 426. The van der Waals surface area contributed by atoms with E-state index in [0.29, 0.717) is 6.07 Å². The largest absolute Gasteiger partial charge is 0.321 e. The van der Waals surface area contributed by atoms with Gasteiger partial charge in [-0.3, -0.25) is 4.79 Å². The Kier molecular flexibility index (Phi) is 4.21. The Morgan fingerprint density at radius 2 is 1.94 bits per heavy atom. The number of hydrogen-bond donors (Lipinski definition) is 2. The molecule has 3 nitrogen and oxygen atoms in total. The molecule has 1 aromatic carbocycles. The third-order valence-corrected chi connectivity index (χ3v) is 3.06. The van der Waals surface area contributed by atoms with Crippen LogP contribution >= 0.6 is 15.9 Å². The zero-order valence-electron chi connectivity index (χ0n) is 9.70. The zero-order chi connectivity index (χ0) is 13.2. The molecule has 0 saturated carbocycles. The standard InChI is InChI=1S/C11H13BrF2N2O/c1-11(2,15-3)10(17)16-9-7(12)4-6(13)5-8(9)14/h4-5,15H,1-3H3,(H,16,17). The summed E-state index contributed by atoms with van der Waals surface area (Å²) in [6.07, 6.45) is 0. The number of rotatable bonds is 3. The third-order valence-electron chi connectivity index (χ3n) is 2.44. The topological polar surface area (TPSA) is 41.1 Å². The number of hydrogen-bond acceptors (Lipinski definition) is 2. The van der Waals surface area contributed by atoms with Crippen molar-refractivity contribution in [1.82, 2.24) is 5.32 Å². The van der Waals surface area contributed by atoms with Gasteiger partial charge in [-0.15, -0.1) is 0 Å². The predicted molar refractivity (Wildman–Crippen MR) is 65.8 cm³/mol. The molecule has 0 bridgehead atoms. The Labute approximate surface area is 107 Å². The second-order valence-electron chi connectivity index (χ2n) is 4.07. The minimum Gasteiger partial charge on any atom is -0.321 e. The van der Waals surface area contributed by atoms with Crippen LogP contribution in [0.25, 0.3) is 0 Å². The molecule has 0 saturated heterocycles. The van der Waals surface area contributed by atoms with Gasteiger partial charge in [-0.05, 0) is 42.9 Å². The molecule has 0 aliphatic heterocycles. The molecule has 0 spiro atoms. The maximum atomic E-state index is 13.5. The average molecular weight is 307 g/mol. The van der Waals surface area contributed by atoms with Gasteiger partial charge in [-0.1, -0.05) is 0 Å². The molecule has 0 heterocycles. The lowest BCUT2D eigenvalue weighted by molar-refractivity contribution is -0.121. The summed E-state index contributed by atoms with van der Waals surface area (Å²) in [7, 11) is 1.62. The predicted octanol–water partition coefficient (Wildman–Crippen LogP) is 2.66. The van der Waals surface area contributed by atoms with Crippen LogP contribution in [0.15, 0.2) is 16.6 Å². The first-order chi connectivity index (χ1) is 7.77. The fourth-order valence-corrected chi connectivity index (χ4v) is 1.55. The van der Waals surface area contributed by atoms with Gasteiger partial charge in [0, 0.05) is 10.5 Å². The summed E-state index contributed by atoms with van der Waals surface area (Å²) in [5.74, 6) is -1.94. The molecule has 0 aliphatic carbocycles. The van der Waals surface area contributed by atoms with Crippen LogP contribution in [-0.2, 0) is 4.79 Å². The van der Waals surface area contributed by atoms with Crippen molar-refractivity contribution in [3.8, 4) is 0 Å². The van der Waals surface area contributed by atoms with Gasteiger partial charge in [0.1, 0.15) is 5.82 Å². The van der Waals surface area contributed by atoms with Crippen molar-refractivity contribution < 1.29 is 13.6 Å². The minimum atomic E-state index is -0.847. The molecule has 2 N–H and O–H groups in total. The third kappa shape index (κ3) is 3.23. The van der Waals surface area contributed by atoms with E-state index in [9.17, 15) is 13.6 Å². The molecule has 1 rings (SSSR count). The van der Waals surface area contributed by atoms with Crippen LogP contribution in [0.1, 0.15) is 13.8 Å². The van der Waals surface area contributed by atoms with Crippen LogP contribution in [0.3, 0.4) is 0 Å². The lowest BCUT2D eigenvalue weighted by Gasteiger charge is -2.23. The number of halogens is 3. The number of carbonyl (C=O) groups excluding carboxylic acids is 1. The van der Waals surface area contributed by atoms with Gasteiger partial charge in [-0.25, -0.2) is 8.78 Å². The summed E-state index contributed by atoms with van der Waals surface area (Å²) in [6.45, 7) is 3.30. The van der Waals surface area contributed by atoms with Gasteiger partial charge >= 0.3 is 0 Å². The van der Waals surface area contributed by atoms with E-state index >= 15 is 0 Å². The number of likely N-dealkylation sites (N-methyl/N-ethyl adjacent to an activating group) is 1. The summed E-state index contributed by atoms with van der Waals surface area (Å²) in [4.78, 5) is 11.8. The maximum absolute atomic E-state index is 13.5. The quantitative estimate of drug-likeness (QED) is 0.901. The number of carbonyl (C=O) groups is 1. The van der Waals surface area contributed by atoms with E-state index < -0.39 is 23.1 Å². The van der Waals surface area contributed by atoms with Crippen molar-refractivity contribution in [2.45, 2.75) is 19.4 Å². The van der Waals surface area contributed by atoms with Crippen molar-refractivity contribution in [3.63, 3.8) is 0 Å². The summed E-state index contributed by atoms with van der Waals surface area (Å²) in [5, 5.41) is 5.19. The zero-order valence-corrected chi connectivity index (χ0v) is 11.3. The van der Waals surface area contributed by atoms with Gasteiger partial charge in [0.05, 0.1) is 11.2 Å². The average Bonchev–Trinajstić information content (AvgIpc) is 2.22. The lowest BCUT2D eigenvalue weighted by Crippen LogP contribution is -2.48. The first-order valence-corrected chi connectivity index (χ1v) is 5.72. The Hall–Kier alpha value is -1.01. The molecule has 94 valence electrons. The monoisotopic (exact) mass is 306 g/mol. The van der Waals surface area contributed by atoms with Gasteiger partial charge < -0.3 is 10.6 Å². The molecule has 1 aromatic rings. The minimum absolute atomic E-state index is 0.0697. The van der Waals surface area contributed by atoms with Crippen LogP contribution in [0.5, 0.6) is 0 Å². The first-order valence-electron chi connectivity index (χ1n) is 4.93. The Morgan fingerprint density at radius 1 is 1.35 bits per heavy atom. The van der Waals surface area contributed by atoms with Crippen LogP contribution in [0.4, 0.5) is 14.5 Å². The van der Waals surface area contributed by atoms with Crippen LogP contribution in [0.2, 0.25) is 0 Å². The molecular weight excluding hydrogens is 294 g/mol. The van der Waals surface area contributed by atoms with Crippen molar-refractivity contribution in [3.05, 3.63) is 28.2 Å². The van der Waals surface area contributed by atoms with Gasteiger partial charge in [0.15, 0.2) is 5.82 Å². The van der Waals surface area contributed by atoms with Crippen molar-refractivity contribution in [2.75, 3.05) is 12.4 Å². The molecule has 0 unspecified atom stereocenters. The lowest BCUT2D eigenvalue weighted by atomic mass is 10.1. The Morgan fingerprint density at radius 3 is 2.41 bits per heavy atom. The molecule has 0 atom stereocenters. The van der Waals surface area contributed by atoms with E-state index in [1.807, 2.05) is 0 Å². The highest BCUT2D eigenvalue weighted by atomic mass is 79.9. The number of nitrogens with one attached hydrogen (secondary N) is 2. The van der Waals surface area contributed by atoms with Gasteiger partial charge in [0.2, 0.25) is 5.91 Å². The van der Waals surface area contributed by atoms with E-state index in [-0.39, 0.29) is 10.2 Å². The number of amides is 1. The summed E-state index contributed by atoms with van der Waals surface area (Å²) in [5.41, 5.74) is -0.917. The van der Waals surface area contributed by atoms with Crippen LogP contribution < -0.4 is 10.6 Å². The normalized spacial score (nSPS) is 11.4. The summed E-state index contributed by atoms with van der Waals surface area (Å²) in [6, 6.07) is 1.80. The second kappa shape index (κ2) is 5.10. The fourth-order valence-electron chi connectivity index (χ4n) is 1.04. The highest BCUT2D eigenvalue weighted by Crippen LogP contribution is 2.27. The summed E-state index contributed by atoms with van der Waals surface area (Å²) < 4.78 is 26.5. The highest BCUT2D eigenvalue weighted by molar-refractivity contribution is 9.10. The number of anilines is 1. The van der Waals surface area contributed by atoms with Crippen LogP contribution in [-0.4, -0.2) is 18.5 Å². The molecule has 0 aromatic heterocycles. The molecule has 0 aliphatic rings. The second-order valence-corrected chi connectivity index (χ2v) is 4.93. The molecular formula is C11H13BrF2N2O. The van der Waals surface area contributed by atoms with E-state index in [2.05, 4.69) is 26.6 Å². The van der Waals surface area contributed by atoms with Gasteiger partial charge in [0.25, 0.3) is 0 Å². The molecule has 0 radical (unpaired) electrons. The SMILES string of the molecule is CNC(C)(C)C(=O)Nc1c(F)cc(F)cc1Br. The summed E-state index contributed by atoms with van der Waals surface area (Å²) >= 11 is 3.00. The van der Waals surface area contributed by atoms with Gasteiger partial charge in [-0.2, -0.15) is 0 Å². The number of benzene rings is 1. The van der Waals surface area contributed by atoms with E-state index in [0.717, 1.165) is 6.07 Å². The molecule has 1 amide bonds.